The van der Waals surface area contributed by atoms with Gasteiger partial charge in [0.25, 0.3) is 0 Å². The Kier molecular flexibility index (Phi) is 4.96. The van der Waals surface area contributed by atoms with Gasteiger partial charge in [-0.1, -0.05) is 18.2 Å². The summed E-state index contributed by atoms with van der Waals surface area (Å²) in [4.78, 5) is 0. The Balaban J connectivity index is 1.90. The number of ether oxygens (including phenoxy) is 2. The number of rotatable bonds is 6. The van der Waals surface area contributed by atoms with Crippen LogP contribution in [-0.2, 0) is 13.1 Å². The zero-order chi connectivity index (χ0) is 14.4. The van der Waals surface area contributed by atoms with Crippen molar-refractivity contribution in [2.75, 3.05) is 14.2 Å². The first kappa shape index (κ1) is 14.3. The van der Waals surface area contributed by atoms with Crippen molar-refractivity contribution >= 4 is 0 Å². The molecule has 0 aromatic heterocycles. The molecule has 0 bridgehead atoms. The van der Waals surface area contributed by atoms with Crippen molar-refractivity contribution in [3.05, 3.63) is 59.4 Å². The van der Waals surface area contributed by atoms with Gasteiger partial charge in [0.2, 0.25) is 0 Å². The maximum Gasteiger partial charge on any atom is 0.165 e. The summed E-state index contributed by atoms with van der Waals surface area (Å²) in [6.45, 7) is 1.29. The molecule has 2 aromatic carbocycles. The predicted octanol–water partition coefficient (Wildman–Crippen LogP) is 3.13. The fourth-order valence-corrected chi connectivity index (χ4v) is 1.95. The van der Waals surface area contributed by atoms with E-state index in [4.69, 9.17) is 9.47 Å². The fraction of sp³-hybridized carbons (Fsp3) is 0.250. The summed E-state index contributed by atoms with van der Waals surface area (Å²) in [6.07, 6.45) is 0. The van der Waals surface area contributed by atoms with Crippen LogP contribution in [0.2, 0.25) is 0 Å². The van der Waals surface area contributed by atoms with Gasteiger partial charge in [-0.3, -0.25) is 0 Å². The van der Waals surface area contributed by atoms with E-state index in [-0.39, 0.29) is 11.6 Å². The van der Waals surface area contributed by atoms with Gasteiger partial charge >= 0.3 is 0 Å². The first-order valence-electron chi connectivity index (χ1n) is 6.39. The van der Waals surface area contributed by atoms with Gasteiger partial charge in [-0.15, -0.1) is 0 Å². The minimum absolute atomic E-state index is 0.265. The van der Waals surface area contributed by atoms with Gasteiger partial charge in [-0.05, 0) is 35.4 Å². The van der Waals surface area contributed by atoms with E-state index in [1.165, 1.54) is 13.2 Å². The van der Waals surface area contributed by atoms with Crippen LogP contribution in [0.5, 0.6) is 11.5 Å². The van der Waals surface area contributed by atoms with Crippen molar-refractivity contribution in [1.82, 2.24) is 5.32 Å². The molecule has 106 valence electrons. The highest BCUT2D eigenvalue weighted by atomic mass is 19.1. The largest absolute Gasteiger partial charge is 0.497 e. The highest BCUT2D eigenvalue weighted by Crippen LogP contribution is 2.17. The van der Waals surface area contributed by atoms with Gasteiger partial charge in [-0.25, -0.2) is 4.39 Å². The maximum absolute atomic E-state index is 13.5. The lowest BCUT2D eigenvalue weighted by molar-refractivity contribution is 0.386. The molecule has 0 atom stereocenters. The standard InChI is InChI=1S/C16H18FNO2/c1-19-14-5-3-4-12(8-14)10-18-11-13-6-7-16(20-2)15(17)9-13/h3-9,18H,10-11H2,1-2H3. The molecule has 0 fully saturated rings. The average molecular weight is 275 g/mol. The zero-order valence-electron chi connectivity index (χ0n) is 11.7. The topological polar surface area (TPSA) is 30.5 Å². The first-order valence-corrected chi connectivity index (χ1v) is 6.39. The molecular formula is C16H18FNO2. The van der Waals surface area contributed by atoms with Crippen LogP contribution in [0, 0.1) is 5.82 Å². The fourth-order valence-electron chi connectivity index (χ4n) is 1.95. The second kappa shape index (κ2) is 6.91. The van der Waals surface area contributed by atoms with Crippen molar-refractivity contribution in [1.29, 1.82) is 0 Å². The highest BCUT2D eigenvalue weighted by Gasteiger charge is 2.03. The molecule has 0 unspecified atom stereocenters. The van der Waals surface area contributed by atoms with Crippen LogP contribution in [0.4, 0.5) is 4.39 Å². The summed E-state index contributed by atoms with van der Waals surface area (Å²) in [6, 6.07) is 12.8. The molecule has 0 saturated carbocycles. The SMILES string of the molecule is COc1cccc(CNCc2ccc(OC)c(F)c2)c1. The van der Waals surface area contributed by atoms with Crippen LogP contribution in [0.15, 0.2) is 42.5 Å². The van der Waals surface area contributed by atoms with Crippen LogP contribution >= 0.6 is 0 Å². The summed E-state index contributed by atoms with van der Waals surface area (Å²) in [5.41, 5.74) is 2.00. The third-order valence-corrected chi connectivity index (χ3v) is 3.01. The second-order valence-corrected chi connectivity index (χ2v) is 4.42. The Labute approximate surface area is 118 Å². The summed E-state index contributed by atoms with van der Waals surface area (Å²) >= 11 is 0. The lowest BCUT2D eigenvalue weighted by Gasteiger charge is -2.08. The number of halogens is 1. The molecule has 0 amide bonds. The quantitative estimate of drug-likeness (QED) is 0.878. The smallest absolute Gasteiger partial charge is 0.165 e. The molecule has 0 saturated heterocycles. The third kappa shape index (κ3) is 3.71. The van der Waals surface area contributed by atoms with Gasteiger partial charge in [0.05, 0.1) is 14.2 Å². The molecule has 0 aliphatic rings. The van der Waals surface area contributed by atoms with Crippen LogP contribution in [-0.4, -0.2) is 14.2 Å². The summed E-state index contributed by atoms with van der Waals surface area (Å²) in [5.74, 6) is 0.759. The van der Waals surface area contributed by atoms with E-state index in [0.717, 1.165) is 16.9 Å². The lowest BCUT2D eigenvalue weighted by atomic mass is 10.2. The molecule has 3 nitrogen and oxygen atoms in total. The minimum Gasteiger partial charge on any atom is -0.497 e. The van der Waals surface area contributed by atoms with Crippen LogP contribution < -0.4 is 14.8 Å². The zero-order valence-corrected chi connectivity index (χ0v) is 11.7. The third-order valence-electron chi connectivity index (χ3n) is 3.01. The van der Waals surface area contributed by atoms with E-state index in [2.05, 4.69) is 5.32 Å². The first-order chi connectivity index (χ1) is 9.72. The number of nitrogens with one attached hydrogen (secondary N) is 1. The van der Waals surface area contributed by atoms with Crippen LogP contribution in [0.25, 0.3) is 0 Å². The van der Waals surface area contributed by atoms with Crippen molar-refractivity contribution in [2.24, 2.45) is 0 Å². The van der Waals surface area contributed by atoms with Gasteiger partial charge in [0.1, 0.15) is 5.75 Å². The summed E-state index contributed by atoms with van der Waals surface area (Å²) < 4.78 is 23.6. The number of hydrogen-bond acceptors (Lipinski definition) is 3. The van der Waals surface area contributed by atoms with E-state index in [1.54, 1.807) is 13.2 Å². The Hall–Kier alpha value is -2.07. The maximum atomic E-state index is 13.5. The van der Waals surface area contributed by atoms with E-state index in [1.807, 2.05) is 30.3 Å². The summed E-state index contributed by atoms with van der Waals surface area (Å²) in [7, 11) is 3.10. The molecule has 20 heavy (non-hydrogen) atoms. The van der Waals surface area contributed by atoms with Crippen LogP contribution in [0.1, 0.15) is 11.1 Å². The van der Waals surface area contributed by atoms with Crippen molar-refractivity contribution < 1.29 is 13.9 Å². The highest BCUT2D eigenvalue weighted by molar-refractivity contribution is 5.30. The van der Waals surface area contributed by atoms with E-state index in [9.17, 15) is 4.39 Å². The van der Waals surface area contributed by atoms with E-state index < -0.39 is 0 Å². The molecule has 2 aromatic rings. The minimum atomic E-state index is -0.340. The molecule has 0 radical (unpaired) electrons. The number of methoxy groups -OCH3 is 2. The molecule has 4 heteroatoms. The monoisotopic (exact) mass is 275 g/mol. The van der Waals surface area contributed by atoms with E-state index >= 15 is 0 Å². The number of hydrogen-bond donors (Lipinski definition) is 1. The van der Waals surface area contributed by atoms with Crippen LogP contribution in [0.3, 0.4) is 0 Å². The molecular weight excluding hydrogens is 257 g/mol. The normalized spacial score (nSPS) is 10.3. The number of benzene rings is 2. The Morgan fingerprint density at radius 1 is 0.950 bits per heavy atom. The molecule has 0 aliphatic heterocycles. The van der Waals surface area contributed by atoms with Gasteiger partial charge in [0, 0.05) is 13.1 Å². The Bertz CT molecular complexity index is 572. The van der Waals surface area contributed by atoms with E-state index in [0.29, 0.717) is 13.1 Å². The average Bonchev–Trinajstić information content (AvgIpc) is 2.48. The second-order valence-electron chi connectivity index (χ2n) is 4.42. The molecule has 0 aliphatic carbocycles. The molecule has 1 N–H and O–H groups in total. The predicted molar refractivity (Wildman–Crippen MR) is 76.5 cm³/mol. The molecule has 2 rings (SSSR count). The van der Waals surface area contributed by atoms with Crippen molar-refractivity contribution in [3.8, 4) is 11.5 Å². The molecule has 0 spiro atoms. The van der Waals surface area contributed by atoms with Crippen molar-refractivity contribution in [2.45, 2.75) is 13.1 Å². The lowest BCUT2D eigenvalue weighted by Crippen LogP contribution is -2.12. The van der Waals surface area contributed by atoms with Gasteiger partial charge in [0.15, 0.2) is 11.6 Å². The Morgan fingerprint density at radius 2 is 1.70 bits per heavy atom. The van der Waals surface area contributed by atoms with Crippen molar-refractivity contribution in [3.63, 3.8) is 0 Å². The van der Waals surface area contributed by atoms with Gasteiger partial charge < -0.3 is 14.8 Å². The molecule has 0 heterocycles. The van der Waals surface area contributed by atoms with Gasteiger partial charge in [-0.2, -0.15) is 0 Å². The summed E-state index contributed by atoms with van der Waals surface area (Å²) in [5, 5.41) is 3.27. The Morgan fingerprint density at radius 3 is 2.35 bits per heavy atom.